The Morgan fingerprint density at radius 1 is 1.00 bits per heavy atom. The lowest BCUT2D eigenvalue weighted by Gasteiger charge is -2.46. The maximum absolute atomic E-state index is 6.33. The zero-order valence-electron chi connectivity index (χ0n) is 14.2. The first-order valence-electron chi connectivity index (χ1n) is 8.42. The molecule has 1 unspecified atom stereocenters. The predicted octanol–water partition coefficient (Wildman–Crippen LogP) is 5.80. The lowest BCUT2D eigenvalue weighted by atomic mass is 9.91. The molecule has 1 atom stereocenters. The molecular formula is C17H36OSi. The van der Waals surface area contributed by atoms with Gasteiger partial charge in [0.1, 0.15) is 0 Å². The molecule has 0 N–H and O–H groups in total. The highest BCUT2D eigenvalue weighted by Crippen LogP contribution is 2.43. The Kier molecular flexibility index (Phi) is 6.58. The summed E-state index contributed by atoms with van der Waals surface area (Å²) in [6.07, 6.45) is 9.96. The zero-order valence-corrected chi connectivity index (χ0v) is 15.2. The van der Waals surface area contributed by atoms with E-state index in [1.165, 1.54) is 44.9 Å². The molecule has 0 bridgehead atoms. The van der Waals surface area contributed by atoms with Crippen LogP contribution >= 0.6 is 0 Å². The highest BCUT2D eigenvalue weighted by atomic mass is 28.3. The van der Waals surface area contributed by atoms with Gasteiger partial charge in [-0.25, -0.2) is 0 Å². The van der Waals surface area contributed by atoms with Crippen molar-refractivity contribution in [2.45, 2.75) is 96.5 Å². The van der Waals surface area contributed by atoms with Crippen LogP contribution in [0, 0.1) is 5.92 Å². The Bertz CT molecular complexity index is 246. The monoisotopic (exact) mass is 284 g/mol. The minimum Gasteiger partial charge on any atom is -0.382 e. The fraction of sp³-hybridized carbons (Fsp3) is 1.00. The third kappa shape index (κ3) is 4.59. The molecule has 1 aliphatic carbocycles. The number of hydrogen-bond acceptors (Lipinski definition) is 1. The summed E-state index contributed by atoms with van der Waals surface area (Å²) < 4.78 is 6.33. The minimum atomic E-state index is -1.40. The second kappa shape index (κ2) is 7.26. The van der Waals surface area contributed by atoms with Crippen LogP contribution in [0.15, 0.2) is 0 Å². The normalized spacial score (nSPS) is 21.8. The summed E-state index contributed by atoms with van der Waals surface area (Å²) in [6.45, 7) is 15.4. The predicted molar refractivity (Wildman–Crippen MR) is 88.4 cm³/mol. The summed E-state index contributed by atoms with van der Waals surface area (Å²) in [4.78, 5) is 0. The van der Waals surface area contributed by atoms with Gasteiger partial charge in [-0.05, 0) is 30.7 Å². The van der Waals surface area contributed by atoms with Crippen molar-refractivity contribution in [2.75, 3.05) is 6.61 Å². The summed E-state index contributed by atoms with van der Waals surface area (Å²) in [5.74, 6) is 0.821. The molecule has 19 heavy (non-hydrogen) atoms. The van der Waals surface area contributed by atoms with Gasteiger partial charge in [0.25, 0.3) is 0 Å². The average molecular weight is 285 g/mol. The molecule has 2 heteroatoms. The van der Waals surface area contributed by atoms with Gasteiger partial charge in [0.2, 0.25) is 0 Å². The summed E-state index contributed by atoms with van der Waals surface area (Å²) in [5.41, 5.74) is 0.551. The van der Waals surface area contributed by atoms with Crippen molar-refractivity contribution < 1.29 is 4.74 Å². The zero-order chi connectivity index (χ0) is 14.5. The molecule has 114 valence electrons. The molecule has 0 radical (unpaired) electrons. The first kappa shape index (κ1) is 17.2. The van der Waals surface area contributed by atoms with Crippen molar-refractivity contribution in [1.29, 1.82) is 0 Å². The van der Waals surface area contributed by atoms with Crippen molar-refractivity contribution in [1.82, 2.24) is 0 Å². The van der Waals surface area contributed by atoms with Gasteiger partial charge >= 0.3 is 0 Å². The molecule has 1 saturated carbocycles. The summed E-state index contributed by atoms with van der Waals surface area (Å²) in [5, 5.41) is 0.426. The molecule has 0 aromatic carbocycles. The largest absolute Gasteiger partial charge is 0.382 e. The van der Waals surface area contributed by atoms with E-state index in [4.69, 9.17) is 4.74 Å². The maximum atomic E-state index is 6.33. The van der Waals surface area contributed by atoms with E-state index in [0.717, 1.165) is 12.5 Å². The third-order valence-corrected chi connectivity index (χ3v) is 11.5. The van der Waals surface area contributed by atoms with Gasteiger partial charge in [-0.3, -0.25) is 0 Å². The van der Waals surface area contributed by atoms with Crippen LogP contribution in [0.4, 0.5) is 0 Å². The van der Waals surface area contributed by atoms with Crippen molar-refractivity contribution in [3.05, 3.63) is 0 Å². The van der Waals surface area contributed by atoms with Gasteiger partial charge in [-0.15, -0.1) is 0 Å². The van der Waals surface area contributed by atoms with E-state index < -0.39 is 8.07 Å². The quantitative estimate of drug-likeness (QED) is 0.593. The lowest BCUT2D eigenvalue weighted by Crippen LogP contribution is -2.54. The Morgan fingerprint density at radius 3 is 1.89 bits per heavy atom. The molecule has 1 rings (SSSR count). The first-order valence-corrected chi connectivity index (χ1v) is 11.5. The van der Waals surface area contributed by atoms with Crippen LogP contribution in [0.3, 0.4) is 0 Å². The topological polar surface area (TPSA) is 9.23 Å². The summed E-state index contributed by atoms with van der Waals surface area (Å²) >= 11 is 0. The van der Waals surface area contributed by atoms with Crippen LogP contribution in [0.1, 0.15) is 72.6 Å². The molecular weight excluding hydrogens is 248 g/mol. The van der Waals surface area contributed by atoms with Crippen LogP contribution in [0.25, 0.3) is 0 Å². The molecule has 0 amide bonds. The Hall–Kier alpha value is 0.177. The molecule has 0 aromatic heterocycles. The molecule has 0 heterocycles. The van der Waals surface area contributed by atoms with Gasteiger partial charge in [0, 0.05) is 6.61 Å². The van der Waals surface area contributed by atoms with Crippen molar-refractivity contribution in [3.63, 3.8) is 0 Å². The van der Waals surface area contributed by atoms with E-state index in [-0.39, 0.29) is 0 Å². The highest BCUT2D eigenvalue weighted by Gasteiger charge is 2.45. The van der Waals surface area contributed by atoms with E-state index >= 15 is 0 Å². The van der Waals surface area contributed by atoms with Crippen LogP contribution < -0.4 is 0 Å². The SMILES string of the molecule is CCOC(C1CCCCCCC1)[Si](C)(C)C(C)(C)C. The van der Waals surface area contributed by atoms with Crippen molar-refractivity contribution in [3.8, 4) is 0 Å². The van der Waals surface area contributed by atoms with Crippen LogP contribution in [-0.4, -0.2) is 20.4 Å². The highest BCUT2D eigenvalue weighted by molar-refractivity contribution is 6.81. The van der Waals surface area contributed by atoms with Gasteiger partial charge in [-0.2, -0.15) is 0 Å². The minimum absolute atomic E-state index is 0.426. The van der Waals surface area contributed by atoms with Crippen LogP contribution in [0.5, 0.6) is 0 Å². The molecule has 0 aliphatic heterocycles. The number of hydrogen-bond donors (Lipinski definition) is 0. The maximum Gasteiger partial charge on any atom is 0.0872 e. The molecule has 0 aromatic rings. The fourth-order valence-corrected chi connectivity index (χ4v) is 6.28. The van der Waals surface area contributed by atoms with E-state index in [1.807, 2.05) is 0 Å². The van der Waals surface area contributed by atoms with E-state index in [1.54, 1.807) is 0 Å². The molecule has 0 saturated heterocycles. The summed E-state index contributed by atoms with van der Waals surface area (Å²) in [7, 11) is -1.40. The third-order valence-electron chi connectivity index (χ3n) is 5.57. The van der Waals surface area contributed by atoms with Gasteiger partial charge in [-0.1, -0.05) is 66.0 Å². The van der Waals surface area contributed by atoms with E-state index in [9.17, 15) is 0 Å². The number of ether oxygens (including phenoxy) is 1. The van der Waals surface area contributed by atoms with Gasteiger partial charge in [0.05, 0.1) is 13.8 Å². The first-order chi connectivity index (χ1) is 8.80. The molecule has 1 aliphatic rings. The van der Waals surface area contributed by atoms with Crippen molar-refractivity contribution in [2.24, 2.45) is 5.92 Å². The Balaban J connectivity index is 2.85. The Labute approximate surface area is 122 Å². The lowest BCUT2D eigenvalue weighted by molar-refractivity contribution is 0.0560. The van der Waals surface area contributed by atoms with Gasteiger partial charge < -0.3 is 4.74 Å². The molecule has 0 spiro atoms. The van der Waals surface area contributed by atoms with Gasteiger partial charge in [0.15, 0.2) is 0 Å². The molecule has 1 nitrogen and oxygen atoms in total. The number of rotatable bonds is 4. The van der Waals surface area contributed by atoms with Crippen LogP contribution in [-0.2, 0) is 4.74 Å². The van der Waals surface area contributed by atoms with Crippen LogP contribution in [0.2, 0.25) is 18.1 Å². The average Bonchev–Trinajstić information content (AvgIpc) is 2.24. The Morgan fingerprint density at radius 2 is 1.47 bits per heavy atom. The van der Waals surface area contributed by atoms with E-state index in [2.05, 4.69) is 40.8 Å². The fourth-order valence-electron chi connectivity index (χ4n) is 3.33. The van der Waals surface area contributed by atoms with E-state index in [0.29, 0.717) is 10.8 Å². The second-order valence-corrected chi connectivity index (χ2v) is 13.5. The summed E-state index contributed by atoms with van der Waals surface area (Å²) in [6, 6.07) is 0. The van der Waals surface area contributed by atoms with Crippen molar-refractivity contribution >= 4 is 8.07 Å². The standard InChI is InChI=1S/C17H36OSi/c1-7-18-16(19(5,6)17(2,3)4)15-13-11-9-8-10-12-14-15/h15-16H,7-14H2,1-6H3. The smallest absolute Gasteiger partial charge is 0.0872 e. The molecule has 1 fully saturated rings. The second-order valence-electron chi connectivity index (χ2n) is 7.95.